The van der Waals surface area contributed by atoms with Gasteiger partial charge in [-0.3, -0.25) is 4.79 Å². The van der Waals surface area contributed by atoms with Crippen LogP contribution in [0, 0.1) is 0 Å². The lowest BCUT2D eigenvalue weighted by Gasteiger charge is -2.43. The molecular formula is C12H21NO3. The summed E-state index contributed by atoms with van der Waals surface area (Å²) in [6.07, 6.45) is 5.49. The number of carbonyl (C=O) groups is 1. The monoisotopic (exact) mass is 227 g/mol. The predicted molar refractivity (Wildman–Crippen MR) is 60.2 cm³/mol. The Bertz CT molecular complexity index is 245. The topological polar surface area (TPSA) is 47.6 Å². The Hall–Kier alpha value is -0.610. The fraction of sp³-hybridized carbons (Fsp3) is 0.917. The lowest BCUT2D eigenvalue weighted by Crippen LogP contribution is -2.63. The molecule has 0 unspecified atom stereocenters. The Morgan fingerprint density at radius 2 is 2.12 bits per heavy atom. The molecule has 0 aromatic rings. The van der Waals surface area contributed by atoms with E-state index in [1.165, 1.54) is 25.7 Å². The third kappa shape index (κ3) is 2.74. The summed E-state index contributed by atoms with van der Waals surface area (Å²) >= 11 is 0. The van der Waals surface area contributed by atoms with Crippen molar-refractivity contribution in [2.75, 3.05) is 19.8 Å². The SMILES string of the molecule is CCOC(=O)CC1(NC2CCCC2)COC1. The predicted octanol–water partition coefficient (Wildman–Crippen LogP) is 1.24. The van der Waals surface area contributed by atoms with Gasteiger partial charge < -0.3 is 14.8 Å². The Balaban J connectivity index is 1.83. The largest absolute Gasteiger partial charge is 0.466 e. The Morgan fingerprint density at radius 3 is 2.62 bits per heavy atom. The number of ether oxygens (including phenoxy) is 2. The van der Waals surface area contributed by atoms with Crippen molar-refractivity contribution < 1.29 is 14.3 Å². The third-order valence-corrected chi connectivity index (χ3v) is 3.41. The molecule has 0 atom stereocenters. The van der Waals surface area contributed by atoms with Gasteiger partial charge in [0, 0.05) is 6.04 Å². The Labute approximate surface area is 96.7 Å². The molecule has 2 aliphatic rings. The van der Waals surface area contributed by atoms with Crippen LogP contribution < -0.4 is 5.32 Å². The van der Waals surface area contributed by atoms with Crippen LogP contribution in [0.15, 0.2) is 0 Å². The van der Waals surface area contributed by atoms with E-state index >= 15 is 0 Å². The number of carbonyl (C=O) groups excluding carboxylic acids is 1. The minimum absolute atomic E-state index is 0.115. The number of nitrogens with one attached hydrogen (secondary N) is 1. The summed E-state index contributed by atoms with van der Waals surface area (Å²) in [5.41, 5.74) is -0.138. The molecule has 0 spiro atoms. The van der Waals surface area contributed by atoms with Crippen molar-refractivity contribution in [2.24, 2.45) is 0 Å². The van der Waals surface area contributed by atoms with Crippen LogP contribution >= 0.6 is 0 Å². The van der Waals surface area contributed by atoms with E-state index in [2.05, 4.69) is 5.32 Å². The summed E-state index contributed by atoms with van der Waals surface area (Å²) in [7, 11) is 0. The molecule has 0 radical (unpaired) electrons. The van der Waals surface area contributed by atoms with E-state index in [9.17, 15) is 4.79 Å². The van der Waals surface area contributed by atoms with Gasteiger partial charge in [0.2, 0.25) is 0 Å². The van der Waals surface area contributed by atoms with Gasteiger partial charge in [-0.1, -0.05) is 12.8 Å². The first-order valence-corrected chi connectivity index (χ1v) is 6.25. The molecular weight excluding hydrogens is 206 g/mol. The molecule has 1 N–H and O–H groups in total. The van der Waals surface area contributed by atoms with Crippen LogP contribution in [-0.4, -0.2) is 37.4 Å². The van der Waals surface area contributed by atoms with Crippen molar-refractivity contribution >= 4 is 5.97 Å². The Kier molecular flexibility index (Phi) is 3.82. The van der Waals surface area contributed by atoms with Crippen molar-refractivity contribution in [2.45, 2.75) is 50.6 Å². The summed E-state index contributed by atoms with van der Waals surface area (Å²) in [6, 6.07) is 0.568. The molecule has 1 aliphatic heterocycles. The average molecular weight is 227 g/mol. The zero-order valence-electron chi connectivity index (χ0n) is 9.96. The highest BCUT2D eigenvalue weighted by Crippen LogP contribution is 2.27. The molecule has 4 nitrogen and oxygen atoms in total. The van der Waals surface area contributed by atoms with Crippen molar-refractivity contribution in [3.8, 4) is 0 Å². The number of hydrogen-bond acceptors (Lipinski definition) is 4. The van der Waals surface area contributed by atoms with Crippen LogP contribution in [0.25, 0.3) is 0 Å². The van der Waals surface area contributed by atoms with E-state index < -0.39 is 0 Å². The molecule has 1 saturated carbocycles. The molecule has 92 valence electrons. The van der Waals surface area contributed by atoms with Crippen LogP contribution in [0.1, 0.15) is 39.0 Å². The van der Waals surface area contributed by atoms with Crippen LogP contribution in [-0.2, 0) is 14.3 Å². The molecule has 2 fully saturated rings. The van der Waals surface area contributed by atoms with Crippen molar-refractivity contribution in [1.29, 1.82) is 0 Å². The van der Waals surface area contributed by atoms with Crippen LogP contribution in [0.2, 0.25) is 0 Å². The Morgan fingerprint density at radius 1 is 1.44 bits per heavy atom. The zero-order chi connectivity index (χ0) is 11.4. The molecule has 16 heavy (non-hydrogen) atoms. The van der Waals surface area contributed by atoms with Gasteiger partial charge in [0.1, 0.15) is 0 Å². The van der Waals surface area contributed by atoms with Gasteiger partial charge in [0.05, 0.1) is 31.8 Å². The van der Waals surface area contributed by atoms with E-state index in [4.69, 9.17) is 9.47 Å². The summed E-state index contributed by atoms with van der Waals surface area (Å²) in [5, 5.41) is 3.59. The minimum Gasteiger partial charge on any atom is -0.466 e. The molecule has 4 heteroatoms. The fourth-order valence-electron chi connectivity index (χ4n) is 2.58. The molecule has 0 amide bonds. The maximum absolute atomic E-state index is 11.5. The highest BCUT2D eigenvalue weighted by molar-refractivity contribution is 5.71. The maximum atomic E-state index is 11.5. The number of hydrogen-bond donors (Lipinski definition) is 1. The molecule has 0 aromatic heterocycles. The van der Waals surface area contributed by atoms with Crippen LogP contribution in [0.5, 0.6) is 0 Å². The highest BCUT2D eigenvalue weighted by Gasteiger charge is 2.42. The molecule has 2 rings (SSSR count). The zero-order valence-corrected chi connectivity index (χ0v) is 9.96. The van der Waals surface area contributed by atoms with Crippen LogP contribution in [0.4, 0.5) is 0 Å². The van der Waals surface area contributed by atoms with Gasteiger partial charge in [-0.15, -0.1) is 0 Å². The lowest BCUT2D eigenvalue weighted by atomic mass is 9.91. The van der Waals surface area contributed by atoms with E-state index in [0.29, 0.717) is 32.3 Å². The molecule has 0 aromatic carbocycles. The van der Waals surface area contributed by atoms with Gasteiger partial charge in [-0.25, -0.2) is 0 Å². The quantitative estimate of drug-likeness (QED) is 0.718. The van der Waals surface area contributed by atoms with E-state index in [0.717, 1.165) is 0 Å². The number of esters is 1. The second kappa shape index (κ2) is 5.15. The minimum atomic E-state index is -0.138. The normalized spacial score (nSPS) is 24.1. The molecule has 1 heterocycles. The van der Waals surface area contributed by atoms with Gasteiger partial charge >= 0.3 is 5.97 Å². The first-order chi connectivity index (χ1) is 7.74. The van der Waals surface area contributed by atoms with Gasteiger partial charge in [-0.05, 0) is 19.8 Å². The van der Waals surface area contributed by atoms with Gasteiger partial charge in [-0.2, -0.15) is 0 Å². The fourth-order valence-corrected chi connectivity index (χ4v) is 2.58. The molecule has 0 bridgehead atoms. The molecule has 1 aliphatic carbocycles. The summed E-state index contributed by atoms with van der Waals surface area (Å²) in [5.74, 6) is -0.115. The average Bonchev–Trinajstić information content (AvgIpc) is 2.67. The second-order valence-corrected chi connectivity index (χ2v) is 4.88. The number of rotatable bonds is 5. The van der Waals surface area contributed by atoms with Gasteiger partial charge in [0.15, 0.2) is 0 Å². The van der Waals surface area contributed by atoms with Crippen molar-refractivity contribution in [3.05, 3.63) is 0 Å². The first-order valence-electron chi connectivity index (χ1n) is 6.25. The lowest BCUT2D eigenvalue weighted by molar-refractivity contribution is -0.153. The third-order valence-electron chi connectivity index (χ3n) is 3.41. The van der Waals surface area contributed by atoms with Crippen LogP contribution in [0.3, 0.4) is 0 Å². The second-order valence-electron chi connectivity index (χ2n) is 4.88. The summed E-state index contributed by atoms with van der Waals surface area (Å²) in [4.78, 5) is 11.5. The highest BCUT2D eigenvalue weighted by atomic mass is 16.5. The van der Waals surface area contributed by atoms with Gasteiger partial charge in [0.25, 0.3) is 0 Å². The molecule has 1 saturated heterocycles. The van der Waals surface area contributed by atoms with Crippen molar-refractivity contribution in [3.63, 3.8) is 0 Å². The van der Waals surface area contributed by atoms with E-state index in [-0.39, 0.29) is 11.5 Å². The smallest absolute Gasteiger partial charge is 0.307 e. The van der Waals surface area contributed by atoms with Crippen molar-refractivity contribution in [1.82, 2.24) is 5.32 Å². The summed E-state index contributed by atoms with van der Waals surface area (Å²) < 4.78 is 10.3. The standard InChI is InChI=1S/C12H21NO3/c1-2-16-11(14)7-12(8-15-9-12)13-10-5-3-4-6-10/h10,13H,2-9H2,1H3. The maximum Gasteiger partial charge on any atom is 0.307 e. The first kappa shape index (κ1) is 11.9. The van der Waals surface area contributed by atoms with E-state index in [1.807, 2.05) is 6.92 Å². The summed E-state index contributed by atoms with van der Waals surface area (Å²) in [6.45, 7) is 3.58. The van der Waals surface area contributed by atoms with E-state index in [1.54, 1.807) is 0 Å².